The van der Waals surface area contributed by atoms with Crippen LogP contribution in [0.4, 0.5) is 5.69 Å². The minimum atomic E-state index is -0.847. The van der Waals surface area contributed by atoms with Crippen molar-refractivity contribution in [2.75, 3.05) is 11.9 Å². The molecule has 1 amide bonds. The van der Waals surface area contributed by atoms with Gasteiger partial charge in [-0.1, -0.05) is 12.1 Å². The Hall–Kier alpha value is -2.41. The topological polar surface area (TPSA) is 119 Å². The van der Waals surface area contributed by atoms with Gasteiger partial charge in [-0.3, -0.25) is 14.4 Å². The SMILES string of the molecule is NCc1cccc(NC(=O)COC(=O)C2CCC3C(C(=O)O)C23)c1. The predicted octanol–water partition coefficient (Wildman–Crippen LogP) is 0.984. The molecule has 24 heavy (non-hydrogen) atoms. The summed E-state index contributed by atoms with van der Waals surface area (Å²) in [6, 6.07) is 7.10. The van der Waals surface area contributed by atoms with Crippen molar-refractivity contribution < 1.29 is 24.2 Å². The Kier molecular flexibility index (Phi) is 4.53. The molecule has 0 saturated heterocycles. The van der Waals surface area contributed by atoms with Gasteiger partial charge in [0.05, 0.1) is 11.8 Å². The molecule has 0 spiro atoms. The zero-order valence-electron chi connectivity index (χ0n) is 13.1. The van der Waals surface area contributed by atoms with Crippen molar-refractivity contribution >= 4 is 23.5 Å². The van der Waals surface area contributed by atoms with Crippen LogP contribution in [0.2, 0.25) is 0 Å². The molecule has 3 rings (SSSR count). The second-order valence-corrected chi connectivity index (χ2v) is 6.35. The maximum absolute atomic E-state index is 12.1. The number of esters is 1. The molecule has 128 valence electrons. The van der Waals surface area contributed by atoms with Gasteiger partial charge in [0, 0.05) is 12.2 Å². The summed E-state index contributed by atoms with van der Waals surface area (Å²) in [6.07, 6.45) is 1.37. The largest absolute Gasteiger partial charge is 0.481 e. The summed E-state index contributed by atoms with van der Waals surface area (Å²) in [5.74, 6) is -2.62. The average Bonchev–Trinajstić information content (AvgIpc) is 3.13. The summed E-state index contributed by atoms with van der Waals surface area (Å²) < 4.78 is 5.07. The fraction of sp³-hybridized carbons (Fsp3) is 0.471. The number of amides is 1. The third kappa shape index (κ3) is 3.26. The van der Waals surface area contributed by atoms with Crippen molar-refractivity contribution in [3.63, 3.8) is 0 Å². The van der Waals surface area contributed by atoms with E-state index < -0.39 is 29.7 Å². The Morgan fingerprint density at radius 3 is 2.75 bits per heavy atom. The number of carboxylic acids is 1. The predicted molar refractivity (Wildman–Crippen MR) is 84.8 cm³/mol. The number of nitrogens with two attached hydrogens (primary N) is 1. The fourth-order valence-electron chi connectivity index (χ4n) is 3.73. The van der Waals surface area contributed by atoms with Crippen molar-refractivity contribution in [2.24, 2.45) is 29.4 Å². The number of benzene rings is 1. The molecule has 7 heteroatoms. The maximum atomic E-state index is 12.1. The standard InChI is InChI=1S/C17H20N2O5/c18-7-9-2-1-3-10(6-9)19-13(20)8-24-17(23)12-5-4-11-14(12)15(11)16(21)22/h1-3,6,11-12,14-15H,4-5,7-8,18H2,(H,19,20)(H,21,22). The number of carbonyl (C=O) groups excluding carboxylic acids is 2. The van der Waals surface area contributed by atoms with Gasteiger partial charge in [-0.25, -0.2) is 0 Å². The van der Waals surface area contributed by atoms with Crippen LogP contribution in [0, 0.1) is 23.7 Å². The highest BCUT2D eigenvalue weighted by molar-refractivity contribution is 5.93. The van der Waals surface area contributed by atoms with E-state index in [9.17, 15) is 14.4 Å². The summed E-state index contributed by atoms with van der Waals surface area (Å²) in [4.78, 5) is 35.0. The second kappa shape index (κ2) is 6.60. The van der Waals surface area contributed by atoms with Crippen LogP contribution in [0.15, 0.2) is 24.3 Å². The van der Waals surface area contributed by atoms with E-state index >= 15 is 0 Å². The zero-order chi connectivity index (χ0) is 17.3. The molecule has 2 aliphatic rings. The van der Waals surface area contributed by atoms with Gasteiger partial charge in [0.15, 0.2) is 6.61 Å². The van der Waals surface area contributed by atoms with E-state index in [1.165, 1.54) is 0 Å². The summed E-state index contributed by atoms with van der Waals surface area (Å²) in [5.41, 5.74) is 7.02. The Bertz CT molecular complexity index is 675. The third-order valence-corrected chi connectivity index (χ3v) is 4.88. The number of hydrogen-bond acceptors (Lipinski definition) is 5. The molecule has 4 N–H and O–H groups in total. The monoisotopic (exact) mass is 332 g/mol. The van der Waals surface area contributed by atoms with Gasteiger partial charge in [0.1, 0.15) is 0 Å². The molecule has 0 aliphatic heterocycles. The first kappa shape index (κ1) is 16.4. The first-order chi connectivity index (χ1) is 11.5. The smallest absolute Gasteiger partial charge is 0.309 e. The summed E-state index contributed by atoms with van der Waals surface area (Å²) in [6.45, 7) is -0.00894. The molecule has 0 radical (unpaired) electrons. The van der Waals surface area contributed by atoms with E-state index in [4.69, 9.17) is 15.6 Å². The number of ether oxygens (including phenoxy) is 1. The summed E-state index contributed by atoms with van der Waals surface area (Å²) in [5, 5.41) is 11.7. The number of rotatable bonds is 6. The number of anilines is 1. The number of carboxylic acid groups (broad SMARTS) is 1. The van der Waals surface area contributed by atoms with Crippen LogP contribution in [0.1, 0.15) is 18.4 Å². The normalized spacial score (nSPS) is 27.2. The van der Waals surface area contributed by atoms with Crippen LogP contribution < -0.4 is 11.1 Å². The third-order valence-electron chi connectivity index (χ3n) is 4.88. The lowest BCUT2D eigenvalue weighted by Crippen LogP contribution is -2.26. The minimum Gasteiger partial charge on any atom is -0.481 e. The van der Waals surface area contributed by atoms with E-state index in [1.54, 1.807) is 18.2 Å². The highest BCUT2D eigenvalue weighted by atomic mass is 16.5. The van der Waals surface area contributed by atoms with E-state index in [1.807, 2.05) is 6.07 Å². The lowest BCUT2D eigenvalue weighted by molar-refractivity contribution is -0.152. The Labute approximate surface area is 139 Å². The number of hydrogen-bond donors (Lipinski definition) is 3. The molecule has 1 aromatic carbocycles. The number of aliphatic carboxylic acids is 1. The van der Waals surface area contributed by atoms with Crippen molar-refractivity contribution in [3.8, 4) is 0 Å². The lowest BCUT2D eigenvalue weighted by atomic mass is 10.0. The Balaban J connectivity index is 1.48. The van der Waals surface area contributed by atoms with Gasteiger partial charge in [-0.2, -0.15) is 0 Å². The van der Waals surface area contributed by atoms with Gasteiger partial charge in [0.2, 0.25) is 0 Å². The van der Waals surface area contributed by atoms with Crippen LogP contribution in [-0.4, -0.2) is 29.6 Å². The van der Waals surface area contributed by atoms with Crippen LogP contribution in [0.25, 0.3) is 0 Å². The highest BCUT2D eigenvalue weighted by Crippen LogP contribution is 2.60. The molecule has 0 heterocycles. The molecule has 4 unspecified atom stereocenters. The molecule has 4 atom stereocenters. The first-order valence-corrected chi connectivity index (χ1v) is 7.99. The van der Waals surface area contributed by atoms with E-state index in [-0.39, 0.29) is 18.4 Å². The van der Waals surface area contributed by atoms with Crippen LogP contribution >= 0.6 is 0 Å². The molecule has 0 bridgehead atoms. The second-order valence-electron chi connectivity index (χ2n) is 6.35. The molecule has 2 aliphatic carbocycles. The fourth-order valence-corrected chi connectivity index (χ4v) is 3.73. The Morgan fingerprint density at radius 1 is 1.29 bits per heavy atom. The molecule has 2 saturated carbocycles. The van der Waals surface area contributed by atoms with Crippen LogP contribution in [-0.2, 0) is 25.7 Å². The van der Waals surface area contributed by atoms with Crippen LogP contribution in [0.5, 0.6) is 0 Å². The van der Waals surface area contributed by atoms with Gasteiger partial charge < -0.3 is 20.9 Å². The Morgan fingerprint density at radius 2 is 2.08 bits per heavy atom. The van der Waals surface area contributed by atoms with Crippen LogP contribution in [0.3, 0.4) is 0 Å². The van der Waals surface area contributed by atoms with E-state index in [2.05, 4.69) is 5.32 Å². The van der Waals surface area contributed by atoms with E-state index in [0.717, 1.165) is 12.0 Å². The molecule has 2 fully saturated rings. The molecular weight excluding hydrogens is 312 g/mol. The minimum absolute atomic E-state index is 0.0906. The van der Waals surface area contributed by atoms with E-state index in [0.29, 0.717) is 18.7 Å². The summed E-state index contributed by atoms with van der Waals surface area (Å²) in [7, 11) is 0. The van der Waals surface area contributed by atoms with Crippen molar-refractivity contribution in [1.82, 2.24) is 0 Å². The molecule has 1 aromatic rings. The van der Waals surface area contributed by atoms with Crippen molar-refractivity contribution in [2.45, 2.75) is 19.4 Å². The first-order valence-electron chi connectivity index (χ1n) is 7.99. The maximum Gasteiger partial charge on any atom is 0.309 e. The molecule has 7 nitrogen and oxygen atoms in total. The average molecular weight is 332 g/mol. The highest BCUT2D eigenvalue weighted by Gasteiger charge is 2.63. The van der Waals surface area contributed by atoms with Gasteiger partial charge >= 0.3 is 11.9 Å². The summed E-state index contributed by atoms with van der Waals surface area (Å²) >= 11 is 0. The zero-order valence-corrected chi connectivity index (χ0v) is 13.1. The van der Waals surface area contributed by atoms with Crippen molar-refractivity contribution in [1.29, 1.82) is 0 Å². The van der Waals surface area contributed by atoms with Crippen molar-refractivity contribution in [3.05, 3.63) is 29.8 Å². The van der Waals surface area contributed by atoms with Gasteiger partial charge in [0.25, 0.3) is 5.91 Å². The number of nitrogens with one attached hydrogen (secondary N) is 1. The lowest BCUT2D eigenvalue weighted by Gasteiger charge is -2.13. The molecule has 0 aromatic heterocycles. The molecular formula is C17H20N2O5. The van der Waals surface area contributed by atoms with Gasteiger partial charge in [-0.15, -0.1) is 0 Å². The number of carbonyl (C=O) groups is 3. The van der Waals surface area contributed by atoms with Gasteiger partial charge in [-0.05, 0) is 42.4 Å². The number of fused-ring (bicyclic) bond motifs is 1. The quantitative estimate of drug-likeness (QED) is 0.668.